The molecule has 1 aromatic carbocycles. The van der Waals surface area contributed by atoms with Crippen LogP contribution in [0.3, 0.4) is 0 Å². The summed E-state index contributed by atoms with van der Waals surface area (Å²) in [6.45, 7) is 6.16. The third kappa shape index (κ3) is 3.77. The molecular formula is C12H17FN2S. The first kappa shape index (κ1) is 12.9. The average Bonchev–Trinajstić information content (AvgIpc) is 2.21. The number of rotatable bonds is 3. The Kier molecular flexibility index (Phi) is 4.24. The normalized spacial score (nSPS) is 11.0. The lowest BCUT2D eigenvalue weighted by atomic mass is 10.0. The maximum atomic E-state index is 13.3. The van der Waals surface area contributed by atoms with Crippen molar-refractivity contribution in [2.45, 2.75) is 32.7 Å². The molecule has 0 aromatic heterocycles. The van der Waals surface area contributed by atoms with Gasteiger partial charge in [0.1, 0.15) is 5.82 Å². The predicted octanol–water partition coefficient (Wildman–Crippen LogP) is 3.30. The van der Waals surface area contributed by atoms with E-state index in [1.807, 2.05) is 13.8 Å². The highest BCUT2D eigenvalue weighted by Crippen LogP contribution is 2.13. The summed E-state index contributed by atoms with van der Waals surface area (Å²) in [5.41, 5.74) is 0.307. The zero-order valence-corrected chi connectivity index (χ0v) is 10.6. The van der Waals surface area contributed by atoms with Crippen molar-refractivity contribution in [2.75, 3.05) is 5.32 Å². The molecule has 0 aliphatic rings. The van der Waals surface area contributed by atoms with Crippen LogP contribution in [0.5, 0.6) is 0 Å². The fourth-order valence-electron chi connectivity index (χ4n) is 1.11. The van der Waals surface area contributed by atoms with Gasteiger partial charge in [0.25, 0.3) is 0 Å². The highest BCUT2D eigenvalue weighted by Gasteiger charge is 2.15. The van der Waals surface area contributed by atoms with Crippen LogP contribution in [0, 0.1) is 5.82 Å². The number of hydrogen-bond donors (Lipinski definition) is 2. The van der Waals surface area contributed by atoms with Gasteiger partial charge in [0.2, 0.25) is 0 Å². The molecule has 0 bridgehead atoms. The fraction of sp³-hybridized carbons (Fsp3) is 0.417. The van der Waals surface area contributed by atoms with Gasteiger partial charge in [-0.1, -0.05) is 19.1 Å². The SMILES string of the molecule is CCC(C)(C)NC(=S)Nc1ccccc1F. The highest BCUT2D eigenvalue weighted by atomic mass is 32.1. The third-order valence-corrected chi connectivity index (χ3v) is 2.66. The molecule has 0 saturated heterocycles. The molecule has 16 heavy (non-hydrogen) atoms. The molecule has 4 heteroatoms. The standard InChI is InChI=1S/C12H17FN2S/c1-4-12(2,3)15-11(16)14-10-8-6-5-7-9(10)13/h5-8H,4H2,1-3H3,(H2,14,15,16). The molecule has 0 radical (unpaired) electrons. The summed E-state index contributed by atoms with van der Waals surface area (Å²) in [6, 6.07) is 6.46. The third-order valence-electron chi connectivity index (χ3n) is 2.46. The minimum atomic E-state index is -0.305. The molecular weight excluding hydrogens is 223 g/mol. The van der Waals surface area contributed by atoms with E-state index in [0.717, 1.165) is 6.42 Å². The van der Waals surface area contributed by atoms with Crippen molar-refractivity contribution in [1.82, 2.24) is 5.32 Å². The number of benzene rings is 1. The summed E-state index contributed by atoms with van der Waals surface area (Å²) in [5, 5.41) is 6.42. The first-order valence-corrected chi connectivity index (χ1v) is 5.69. The molecule has 0 heterocycles. The molecule has 1 rings (SSSR count). The smallest absolute Gasteiger partial charge is 0.171 e. The van der Waals surface area contributed by atoms with E-state index in [4.69, 9.17) is 12.2 Å². The molecule has 0 saturated carbocycles. The van der Waals surface area contributed by atoms with Crippen LogP contribution < -0.4 is 10.6 Å². The van der Waals surface area contributed by atoms with E-state index in [1.165, 1.54) is 6.07 Å². The van der Waals surface area contributed by atoms with Crippen LogP contribution in [-0.4, -0.2) is 10.7 Å². The van der Waals surface area contributed by atoms with Crippen LogP contribution in [0.2, 0.25) is 0 Å². The maximum absolute atomic E-state index is 13.3. The molecule has 2 nitrogen and oxygen atoms in total. The van der Waals surface area contributed by atoms with Gasteiger partial charge in [0.05, 0.1) is 5.69 Å². The van der Waals surface area contributed by atoms with E-state index in [2.05, 4.69) is 17.6 Å². The lowest BCUT2D eigenvalue weighted by Crippen LogP contribution is -2.44. The minimum absolute atomic E-state index is 0.0880. The minimum Gasteiger partial charge on any atom is -0.358 e. The predicted molar refractivity (Wildman–Crippen MR) is 70.1 cm³/mol. The molecule has 0 aliphatic carbocycles. The molecule has 88 valence electrons. The number of para-hydroxylation sites is 1. The zero-order chi connectivity index (χ0) is 12.2. The van der Waals surface area contributed by atoms with E-state index in [0.29, 0.717) is 10.8 Å². The van der Waals surface area contributed by atoms with Crippen LogP contribution in [0.25, 0.3) is 0 Å². The van der Waals surface area contributed by atoms with Crippen LogP contribution in [0.1, 0.15) is 27.2 Å². The largest absolute Gasteiger partial charge is 0.358 e. The van der Waals surface area contributed by atoms with Crippen molar-refractivity contribution in [3.8, 4) is 0 Å². The lowest BCUT2D eigenvalue weighted by Gasteiger charge is -2.26. The second kappa shape index (κ2) is 5.25. The first-order chi connectivity index (χ1) is 7.44. The second-order valence-corrected chi connectivity index (χ2v) is 4.70. The summed E-state index contributed by atoms with van der Waals surface area (Å²) in [6.07, 6.45) is 0.937. The number of hydrogen-bond acceptors (Lipinski definition) is 1. The van der Waals surface area contributed by atoms with Gasteiger partial charge < -0.3 is 10.6 Å². The Hall–Kier alpha value is -1.16. The number of nitrogens with one attached hydrogen (secondary N) is 2. The van der Waals surface area contributed by atoms with Gasteiger partial charge in [-0.05, 0) is 44.6 Å². The number of anilines is 1. The van der Waals surface area contributed by atoms with Gasteiger partial charge >= 0.3 is 0 Å². The average molecular weight is 240 g/mol. The summed E-state index contributed by atoms with van der Waals surface area (Å²) in [5.74, 6) is -0.305. The molecule has 2 N–H and O–H groups in total. The quantitative estimate of drug-likeness (QED) is 0.793. The van der Waals surface area contributed by atoms with E-state index in [1.54, 1.807) is 18.2 Å². The fourth-order valence-corrected chi connectivity index (χ4v) is 1.50. The Morgan fingerprint density at radius 2 is 2.00 bits per heavy atom. The van der Waals surface area contributed by atoms with Gasteiger partial charge in [-0.25, -0.2) is 4.39 Å². The van der Waals surface area contributed by atoms with Gasteiger partial charge in [0, 0.05) is 5.54 Å². The van der Waals surface area contributed by atoms with Gasteiger partial charge in [-0.3, -0.25) is 0 Å². The van der Waals surface area contributed by atoms with Crippen LogP contribution in [0.15, 0.2) is 24.3 Å². The zero-order valence-electron chi connectivity index (χ0n) is 9.80. The molecule has 0 atom stereocenters. The van der Waals surface area contributed by atoms with E-state index >= 15 is 0 Å². The van der Waals surface area contributed by atoms with Crippen molar-refractivity contribution in [3.63, 3.8) is 0 Å². The molecule has 0 spiro atoms. The summed E-state index contributed by atoms with van der Waals surface area (Å²) < 4.78 is 13.3. The second-order valence-electron chi connectivity index (χ2n) is 4.30. The van der Waals surface area contributed by atoms with Crippen LogP contribution in [-0.2, 0) is 0 Å². The number of halogens is 1. The Morgan fingerprint density at radius 1 is 1.38 bits per heavy atom. The van der Waals surface area contributed by atoms with E-state index in [9.17, 15) is 4.39 Å². The summed E-state index contributed by atoms with van der Waals surface area (Å²) in [4.78, 5) is 0. The Morgan fingerprint density at radius 3 is 2.56 bits per heavy atom. The monoisotopic (exact) mass is 240 g/mol. The van der Waals surface area contributed by atoms with Crippen LogP contribution in [0.4, 0.5) is 10.1 Å². The number of thiocarbonyl (C=S) groups is 1. The van der Waals surface area contributed by atoms with Crippen molar-refractivity contribution < 1.29 is 4.39 Å². The Balaban J connectivity index is 2.62. The van der Waals surface area contributed by atoms with Crippen molar-refractivity contribution in [1.29, 1.82) is 0 Å². The van der Waals surface area contributed by atoms with Crippen LogP contribution >= 0.6 is 12.2 Å². The van der Waals surface area contributed by atoms with Crippen molar-refractivity contribution in [2.24, 2.45) is 0 Å². The van der Waals surface area contributed by atoms with Gasteiger partial charge in [-0.2, -0.15) is 0 Å². The topological polar surface area (TPSA) is 24.1 Å². The molecule has 0 unspecified atom stereocenters. The molecule has 0 fully saturated rings. The Bertz CT molecular complexity index is 377. The van der Waals surface area contributed by atoms with Crippen molar-refractivity contribution >= 4 is 23.0 Å². The maximum Gasteiger partial charge on any atom is 0.171 e. The summed E-state index contributed by atoms with van der Waals surface area (Å²) >= 11 is 5.12. The molecule has 0 aliphatic heterocycles. The molecule has 1 aromatic rings. The first-order valence-electron chi connectivity index (χ1n) is 5.28. The van der Waals surface area contributed by atoms with Gasteiger partial charge in [0.15, 0.2) is 5.11 Å². The van der Waals surface area contributed by atoms with Crippen molar-refractivity contribution in [3.05, 3.63) is 30.1 Å². The Labute approximate surface area is 101 Å². The molecule has 0 amide bonds. The highest BCUT2D eigenvalue weighted by molar-refractivity contribution is 7.80. The van der Waals surface area contributed by atoms with E-state index < -0.39 is 0 Å². The summed E-state index contributed by atoms with van der Waals surface area (Å²) in [7, 11) is 0. The van der Waals surface area contributed by atoms with E-state index in [-0.39, 0.29) is 11.4 Å². The van der Waals surface area contributed by atoms with Gasteiger partial charge in [-0.15, -0.1) is 0 Å². The lowest BCUT2D eigenvalue weighted by molar-refractivity contribution is 0.447.